The third kappa shape index (κ3) is 9.67. The van der Waals surface area contributed by atoms with Gasteiger partial charge in [-0.2, -0.15) is 0 Å². The number of carboxylic acid groups (broad SMARTS) is 1. The lowest BCUT2D eigenvalue weighted by Gasteiger charge is -2.64. The van der Waals surface area contributed by atoms with E-state index in [2.05, 4.69) is 13.8 Å². The molecule has 7 fully saturated rings. The summed E-state index contributed by atoms with van der Waals surface area (Å²) in [5, 5.41) is 10.1. The molecule has 0 spiro atoms. The van der Waals surface area contributed by atoms with Crippen molar-refractivity contribution in [2.45, 2.75) is 225 Å². The number of carbonyl (C=O) groups is 5. The average molecular weight is 894 g/mol. The van der Waals surface area contributed by atoms with Crippen molar-refractivity contribution in [3.63, 3.8) is 0 Å². The molecule has 7 rings (SSSR count). The zero-order valence-corrected chi connectivity index (χ0v) is 38.4. The van der Waals surface area contributed by atoms with Gasteiger partial charge in [-0.3, -0.25) is 24.0 Å². The first kappa shape index (κ1) is 48.0. The van der Waals surface area contributed by atoms with Gasteiger partial charge in [0.1, 0.15) is 30.5 Å². The molecular weight excluding hydrogens is 822 g/mol. The Kier molecular flexibility index (Phi) is 14.3. The highest BCUT2D eigenvalue weighted by atomic mass is 16.8. The summed E-state index contributed by atoms with van der Waals surface area (Å²) in [5.41, 5.74) is 6.58. The van der Waals surface area contributed by atoms with Gasteiger partial charge in [-0.1, -0.05) is 13.8 Å². The molecule has 0 radical (unpaired) electrons. The summed E-state index contributed by atoms with van der Waals surface area (Å²) >= 11 is 0. The summed E-state index contributed by atoms with van der Waals surface area (Å²) in [7, 11) is 0. The molecule has 7 aliphatic rings. The molecule has 0 aromatic heterocycles. The minimum Gasteiger partial charge on any atom is -0.481 e. The fraction of sp³-hybridized carbons (Fsp3) is 0.891. The van der Waals surface area contributed by atoms with E-state index in [-0.39, 0.29) is 42.1 Å². The summed E-state index contributed by atoms with van der Waals surface area (Å²) in [6, 6.07) is 0. The molecule has 4 aliphatic carbocycles. The molecule has 0 bridgehead atoms. The van der Waals surface area contributed by atoms with Gasteiger partial charge in [0.25, 0.3) is 0 Å². The zero-order valence-electron chi connectivity index (χ0n) is 38.4. The quantitative estimate of drug-likeness (QED) is 0.156. The topological polar surface area (TPSA) is 224 Å². The van der Waals surface area contributed by atoms with Crippen molar-refractivity contribution < 1.29 is 76.4 Å². The van der Waals surface area contributed by atoms with Crippen molar-refractivity contribution in [1.29, 1.82) is 0 Å². The average Bonchev–Trinajstić information content (AvgIpc) is 3.46. The van der Waals surface area contributed by atoms with Gasteiger partial charge in [0.15, 0.2) is 25.0 Å². The number of hydrogen-bond acceptors (Lipinski definition) is 16. The Morgan fingerprint density at radius 2 is 1.03 bits per heavy atom. The number of nitrogens with two attached hydrogens (primary N) is 1. The molecule has 20 atom stereocenters. The Balaban J connectivity index is 0.967. The van der Waals surface area contributed by atoms with Crippen molar-refractivity contribution in [3.05, 3.63) is 0 Å². The van der Waals surface area contributed by atoms with Gasteiger partial charge in [0.05, 0.1) is 30.3 Å². The molecule has 63 heavy (non-hydrogen) atoms. The Morgan fingerprint density at radius 1 is 0.556 bits per heavy atom. The highest BCUT2D eigenvalue weighted by Crippen LogP contribution is 2.68. The maximum atomic E-state index is 12.5. The minimum absolute atomic E-state index is 0.0484. The lowest BCUT2D eigenvalue weighted by atomic mass is 9.42. The van der Waals surface area contributed by atoms with Crippen LogP contribution in [0.3, 0.4) is 0 Å². The molecule has 17 nitrogen and oxygen atoms in total. The SMILES string of the molecule is CC(=O)O[C@H]1[C@@H](OC(C)=O)C[C@@H](O[C@H]2[C@@H](OC(C)=O)C[C@@H](O[C@H]3[C@@H](OC(C)=O)C[C@@H](O[C@H]4CC[C@@]5(C)[C@H](CC[C@@H]6[C@@H]5CC[C@]5(C)[C@@H](C(=O)O)CC[C@]65N)C4)O[C@@H]3C)O[C@@H]2C)O[C@@H]1C. The Labute approximate surface area is 370 Å². The highest BCUT2D eigenvalue weighted by Gasteiger charge is 2.67. The molecule has 3 heterocycles. The number of hydrogen-bond donors (Lipinski definition) is 2. The summed E-state index contributed by atoms with van der Waals surface area (Å²) in [4.78, 5) is 60.9. The Morgan fingerprint density at radius 3 is 1.52 bits per heavy atom. The van der Waals surface area contributed by atoms with Crippen LogP contribution in [0.15, 0.2) is 0 Å². The molecule has 3 aliphatic heterocycles. The summed E-state index contributed by atoms with van der Waals surface area (Å²) < 4.78 is 61.0. The van der Waals surface area contributed by atoms with E-state index in [1.54, 1.807) is 13.8 Å². The van der Waals surface area contributed by atoms with E-state index >= 15 is 0 Å². The number of rotatable bonds is 11. The van der Waals surface area contributed by atoms with E-state index in [0.717, 1.165) is 51.4 Å². The third-order valence-electron chi connectivity index (χ3n) is 16.3. The van der Waals surface area contributed by atoms with Crippen molar-refractivity contribution in [2.75, 3.05) is 0 Å². The number of esters is 4. The lowest BCUT2D eigenvalue weighted by Crippen LogP contribution is -2.66. The predicted octanol–water partition coefficient (Wildman–Crippen LogP) is 5.10. The van der Waals surface area contributed by atoms with Crippen LogP contribution in [0.25, 0.3) is 0 Å². The van der Waals surface area contributed by atoms with Crippen LogP contribution >= 0.6 is 0 Å². The molecule has 0 aromatic carbocycles. The first-order chi connectivity index (χ1) is 29.6. The normalized spacial score (nSPS) is 47.2. The van der Waals surface area contributed by atoms with E-state index in [0.29, 0.717) is 24.2 Å². The molecule has 4 saturated carbocycles. The smallest absolute Gasteiger partial charge is 0.307 e. The van der Waals surface area contributed by atoms with Crippen molar-refractivity contribution in [1.82, 2.24) is 0 Å². The predicted molar refractivity (Wildman–Crippen MR) is 220 cm³/mol. The van der Waals surface area contributed by atoms with Gasteiger partial charge in [-0.25, -0.2) is 0 Å². The van der Waals surface area contributed by atoms with Crippen LogP contribution in [0.1, 0.15) is 139 Å². The second-order valence-electron chi connectivity index (χ2n) is 20.2. The van der Waals surface area contributed by atoms with Crippen molar-refractivity contribution in [3.8, 4) is 0 Å². The number of fused-ring (bicyclic) bond motifs is 5. The maximum Gasteiger partial charge on any atom is 0.307 e. The van der Waals surface area contributed by atoms with Crippen LogP contribution in [0.4, 0.5) is 0 Å². The van der Waals surface area contributed by atoms with Crippen molar-refractivity contribution >= 4 is 29.8 Å². The Hall–Kier alpha value is -2.93. The van der Waals surface area contributed by atoms with E-state index in [9.17, 15) is 29.1 Å². The molecule has 17 heteroatoms. The number of aliphatic carboxylic acids is 1. The van der Waals surface area contributed by atoms with Gasteiger partial charge in [-0.15, -0.1) is 0 Å². The van der Waals surface area contributed by atoms with Crippen LogP contribution < -0.4 is 5.73 Å². The minimum atomic E-state index is -0.921. The van der Waals surface area contributed by atoms with E-state index in [1.165, 1.54) is 27.7 Å². The monoisotopic (exact) mass is 893 g/mol. The highest BCUT2D eigenvalue weighted by molar-refractivity contribution is 5.72. The second-order valence-corrected chi connectivity index (χ2v) is 20.2. The van der Waals surface area contributed by atoms with E-state index in [1.807, 2.05) is 6.92 Å². The molecule has 0 aromatic rings. The number of carboxylic acids is 1. The molecular formula is C46H71NO16. The van der Waals surface area contributed by atoms with Crippen LogP contribution in [0.5, 0.6) is 0 Å². The fourth-order valence-corrected chi connectivity index (χ4v) is 13.4. The summed E-state index contributed by atoms with van der Waals surface area (Å²) in [5.74, 6) is -2.02. The zero-order chi connectivity index (χ0) is 45.8. The van der Waals surface area contributed by atoms with Crippen molar-refractivity contribution in [2.24, 2.45) is 40.2 Å². The van der Waals surface area contributed by atoms with Crippen LogP contribution in [0, 0.1) is 34.5 Å². The molecule has 0 amide bonds. The number of carbonyl (C=O) groups excluding carboxylic acids is 4. The molecule has 356 valence electrons. The first-order valence-electron chi connectivity index (χ1n) is 23.2. The summed E-state index contributed by atoms with van der Waals surface area (Å²) in [6.07, 6.45) is -0.881. The fourth-order valence-electron chi connectivity index (χ4n) is 13.4. The molecule has 3 saturated heterocycles. The van der Waals surface area contributed by atoms with Crippen LogP contribution in [0.2, 0.25) is 0 Å². The van der Waals surface area contributed by atoms with Gasteiger partial charge in [-0.05, 0) is 107 Å². The van der Waals surface area contributed by atoms with Crippen LogP contribution in [-0.4, -0.2) is 120 Å². The van der Waals surface area contributed by atoms with Gasteiger partial charge >= 0.3 is 29.8 Å². The van der Waals surface area contributed by atoms with Gasteiger partial charge < -0.3 is 58.2 Å². The van der Waals surface area contributed by atoms with E-state index < -0.39 is 109 Å². The van der Waals surface area contributed by atoms with E-state index in [4.69, 9.17) is 53.1 Å². The summed E-state index contributed by atoms with van der Waals surface area (Å²) in [6.45, 7) is 15.0. The lowest BCUT2D eigenvalue weighted by molar-refractivity contribution is -0.337. The third-order valence-corrected chi connectivity index (χ3v) is 16.3. The first-order valence-corrected chi connectivity index (χ1v) is 23.2. The van der Waals surface area contributed by atoms with Gasteiger partial charge in [0.2, 0.25) is 0 Å². The van der Waals surface area contributed by atoms with Crippen LogP contribution in [-0.2, 0) is 71.3 Å². The largest absolute Gasteiger partial charge is 0.481 e. The Bertz CT molecular complexity index is 1710. The van der Waals surface area contributed by atoms with Gasteiger partial charge in [0, 0.05) is 52.5 Å². The molecule has 0 unspecified atom stereocenters. The second kappa shape index (κ2) is 18.8. The molecule has 3 N–H and O–H groups in total. The number of ether oxygens (including phenoxy) is 10. The maximum absolute atomic E-state index is 12.5. The standard InChI is InChI=1S/C46H71NO16/c1-22-40(60-28(7)51)34(57-25(4)48)20-38(55-22)62-42-24(3)56-39(21-36(42)59-27(6)50)63-41-23(2)54-37(19-35(41)58-26(5)49)61-30-12-15-44(8)29(18-30)10-11-32-31(44)13-16-45(9)33(43(52)53)14-17-46(32,45)47/h22-24,29-42H,10-21,47H2,1-9H3,(H,52,53)/t22-,23-,24-,29-,30+,31+,32-,33-,34+,35+,36+,37-,38-,39-,40-,41-,42-,44+,45-,46+/m1/s1.